The number of rotatable bonds is 3. The molecule has 17 heavy (non-hydrogen) atoms. The Bertz CT molecular complexity index is 410. The molecular formula is C12H17N3O2. The van der Waals surface area contributed by atoms with Crippen molar-refractivity contribution in [3.05, 3.63) is 29.3 Å². The van der Waals surface area contributed by atoms with Crippen molar-refractivity contribution in [2.45, 2.75) is 13.8 Å². The minimum atomic E-state index is -0.671. The lowest BCUT2D eigenvalue weighted by molar-refractivity contribution is -0.136. The molecule has 0 aliphatic heterocycles. The molecule has 0 heterocycles. The molecule has 1 aromatic carbocycles. The van der Waals surface area contributed by atoms with Crippen molar-refractivity contribution in [3.63, 3.8) is 0 Å². The molecule has 0 aliphatic rings. The fourth-order valence-corrected chi connectivity index (χ4v) is 1.45. The summed E-state index contributed by atoms with van der Waals surface area (Å²) in [5.74, 6) is -1.34. The number of para-hydroxylation sites is 1. The first kappa shape index (κ1) is 13.2. The topological polar surface area (TPSA) is 84.2 Å². The second-order valence-corrected chi connectivity index (χ2v) is 3.77. The third kappa shape index (κ3) is 3.57. The van der Waals surface area contributed by atoms with Crippen LogP contribution in [0, 0.1) is 13.8 Å². The number of carbonyl (C=O) groups is 2. The number of aryl methyl sites for hydroxylation is 2. The highest BCUT2D eigenvalue weighted by Gasteiger charge is 2.14. The third-order valence-electron chi connectivity index (χ3n) is 2.36. The molecule has 92 valence electrons. The van der Waals surface area contributed by atoms with Crippen LogP contribution < -0.4 is 16.4 Å². The molecule has 0 saturated carbocycles. The first-order valence-corrected chi connectivity index (χ1v) is 5.41. The molecule has 2 amide bonds. The predicted molar refractivity (Wildman–Crippen MR) is 66.6 cm³/mol. The number of anilines is 1. The molecule has 0 bridgehead atoms. The molecule has 0 aromatic heterocycles. The molecule has 5 nitrogen and oxygen atoms in total. The maximum atomic E-state index is 11.6. The number of hydrogen-bond acceptors (Lipinski definition) is 3. The molecule has 5 heteroatoms. The lowest BCUT2D eigenvalue weighted by atomic mass is 10.1. The van der Waals surface area contributed by atoms with E-state index >= 15 is 0 Å². The number of nitrogens with one attached hydrogen (secondary N) is 2. The van der Waals surface area contributed by atoms with Gasteiger partial charge in [0.05, 0.1) is 0 Å². The average Bonchev–Trinajstić information content (AvgIpc) is 2.30. The van der Waals surface area contributed by atoms with Crippen molar-refractivity contribution in [2.24, 2.45) is 5.73 Å². The van der Waals surface area contributed by atoms with E-state index in [9.17, 15) is 9.59 Å². The van der Waals surface area contributed by atoms with Gasteiger partial charge in [-0.25, -0.2) is 0 Å². The van der Waals surface area contributed by atoms with E-state index in [-0.39, 0.29) is 0 Å². The van der Waals surface area contributed by atoms with Crippen LogP contribution in [0.5, 0.6) is 0 Å². The summed E-state index contributed by atoms with van der Waals surface area (Å²) in [7, 11) is 0. The van der Waals surface area contributed by atoms with Crippen LogP contribution in [-0.4, -0.2) is 24.9 Å². The number of hydrogen-bond donors (Lipinski definition) is 3. The van der Waals surface area contributed by atoms with Gasteiger partial charge in [0.2, 0.25) is 0 Å². The summed E-state index contributed by atoms with van der Waals surface area (Å²) < 4.78 is 0. The highest BCUT2D eigenvalue weighted by atomic mass is 16.2. The van der Waals surface area contributed by atoms with Gasteiger partial charge in [0.15, 0.2) is 0 Å². The summed E-state index contributed by atoms with van der Waals surface area (Å²) in [6, 6.07) is 5.65. The Labute approximate surface area is 100 Å². The zero-order valence-electron chi connectivity index (χ0n) is 10.0. The number of carbonyl (C=O) groups excluding carboxylic acids is 2. The minimum Gasteiger partial charge on any atom is -0.347 e. The van der Waals surface area contributed by atoms with Gasteiger partial charge in [0, 0.05) is 18.8 Å². The molecular weight excluding hydrogens is 218 g/mol. The monoisotopic (exact) mass is 235 g/mol. The second-order valence-electron chi connectivity index (χ2n) is 3.77. The Hall–Kier alpha value is -1.88. The van der Waals surface area contributed by atoms with E-state index in [2.05, 4.69) is 10.6 Å². The maximum absolute atomic E-state index is 11.6. The van der Waals surface area contributed by atoms with Gasteiger partial charge in [0.25, 0.3) is 0 Å². The standard InChI is InChI=1S/C12H17N3O2/c1-8-4-3-5-9(2)10(8)15-12(17)11(16)14-7-6-13/h3-5H,6-7,13H2,1-2H3,(H,14,16)(H,15,17). The largest absolute Gasteiger partial charge is 0.347 e. The van der Waals surface area contributed by atoms with Gasteiger partial charge in [-0.05, 0) is 25.0 Å². The van der Waals surface area contributed by atoms with Crippen molar-refractivity contribution in [2.75, 3.05) is 18.4 Å². The zero-order valence-corrected chi connectivity index (χ0v) is 10.0. The third-order valence-corrected chi connectivity index (χ3v) is 2.36. The lowest BCUT2D eigenvalue weighted by Gasteiger charge is -2.11. The van der Waals surface area contributed by atoms with Gasteiger partial charge in [-0.1, -0.05) is 18.2 Å². The number of nitrogens with two attached hydrogens (primary N) is 1. The van der Waals surface area contributed by atoms with Crippen LogP contribution >= 0.6 is 0 Å². The molecule has 0 spiro atoms. The molecule has 0 saturated heterocycles. The maximum Gasteiger partial charge on any atom is 0.313 e. The van der Waals surface area contributed by atoms with Gasteiger partial charge in [-0.2, -0.15) is 0 Å². The first-order chi connectivity index (χ1) is 8.06. The Balaban J connectivity index is 2.71. The van der Waals surface area contributed by atoms with Crippen molar-refractivity contribution in [1.82, 2.24) is 5.32 Å². The van der Waals surface area contributed by atoms with E-state index in [0.717, 1.165) is 11.1 Å². The highest BCUT2D eigenvalue weighted by Crippen LogP contribution is 2.18. The smallest absolute Gasteiger partial charge is 0.313 e. The Morgan fingerprint density at radius 3 is 2.29 bits per heavy atom. The molecule has 0 radical (unpaired) electrons. The predicted octanol–water partition coefficient (Wildman–Crippen LogP) is 0.317. The van der Waals surface area contributed by atoms with Gasteiger partial charge < -0.3 is 16.4 Å². The van der Waals surface area contributed by atoms with E-state index in [1.807, 2.05) is 32.0 Å². The average molecular weight is 235 g/mol. The van der Waals surface area contributed by atoms with Crippen molar-refractivity contribution >= 4 is 17.5 Å². The lowest BCUT2D eigenvalue weighted by Crippen LogP contribution is -2.38. The van der Waals surface area contributed by atoms with Crippen LogP contribution in [0.15, 0.2) is 18.2 Å². The number of benzene rings is 1. The van der Waals surface area contributed by atoms with Crippen LogP contribution in [0.25, 0.3) is 0 Å². The Morgan fingerprint density at radius 1 is 1.18 bits per heavy atom. The van der Waals surface area contributed by atoms with Crippen molar-refractivity contribution in [3.8, 4) is 0 Å². The summed E-state index contributed by atoms with van der Waals surface area (Å²) in [6.45, 7) is 4.35. The summed E-state index contributed by atoms with van der Waals surface area (Å²) >= 11 is 0. The Kier molecular flexibility index (Phi) is 4.66. The fraction of sp³-hybridized carbons (Fsp3) is 0.333. The van der Waals surface area contributed by atoms with Crippen LogP contribution in [0.4, 0.5) is 5.69 Å². The fourth-order valence-electron chi connectivity index (χ4n) is 1.45. The molecule has 0 aliphatic carbocycles. The molecule has 1 rings (SSSR count). The van der Waals surface area contributed by atoms with Gasteiger partial charge in [-0.15, -0.1) is 0 Å². The summed E-state index contributed by atoms with van der Waals surface area (Å²) in [5.41, 5.74) is 7.75. The van der Waals surface area contributed by atoms with Crippen LogP contribution in [0.2, 0.25) is 0 Å². The normalized spacial score (nSPS) is 9.82. The quantitative estimate of drug-likeness (QED) is 0.659. The number of amides is 2. The van der Waals surface area contributed by atoms with Gasteiger partial charge in [-0.3, -0.25) is 9.59 Å². The minimum absolute atomic E-state index is 0.291. The molecule has 0 atom stereocenters. The van der Waals surface area contributed by atoms with Crippen LogP contribution in [0.1, 0.15) is 11.1 Å². The summed E-state index contributed by atoms with van der Waals surface area (Å²) in [6.07, 6.45) is 0. The SMILES string of the molecule is Cc1cccc(C)c1NC(=O)C(=O)NCCN. The van der Waals surface area contributed by atoms with Crippen molar-refractivity contribution < 1.29 is 9.59 Å². The van der Waals surface area contributed by atoms with Crippen LogP contribution in [-0.2, 0) is 9.59 Å². The zero-order chi connectivity index (χ0) is 12.8. The first-order valence-electron chi connectivity index (χ1n) is 5.41. The van der Waals surface area contributed by atoms with E-state index in [1.54, 1.807) is 0 Å². The molecule has 0 unspecified atom stereocenters. The Morgan fingerprint density at radius 2 is 1.76 bits per heavy atom. The molecule has 1 aromatic rings. The van der Waals surface area contributed by atoms with Crippen molar-refractivity contribution in [1.29, 1.82) is 0 Å². The van der Waals surface area contributed by atoms with Gasteiger partial charge >= 0.3 is 11.8 Å². The summed E-state index contributed by atoms with van der Waals surface area (Å²) in [5, 5.41) is 5.01. The van der Waals surface area contributed by atoms with E-state index in [4.69, 9.17) is 5.73 Å². The molecule has 0 fully saturated rings. The molecule has 4 N–H and O–H groups in total. The van der Waals surface area contributed by atoms with E-state index in [0.29, 0.717) is 18.8 Å². The van der Waals surface area contributed by atoms with E-state index in [1.165, 1.54) is 0 Å². The van der Waals surface area contributed by atoms with Gasteiger partial charge in [0.1, 0.15) is 0 Å². The highest BCUT2D eigenvalue weighted by molar-refractivity contribution is 6.39. The second kappa shape index (κ2) is 6.00. The van der Waals surface area contributed by atoms with E-state index < -0.39 is 11.8 Å². The van der Waals surface area contributed by atoms with Crippen LogP contribution in [0.3, 0.4) is 0 Å². The summed E-state index contributed by atoms with van der Waals surface area (Å²) in [4.78, 5) is 22.9.